The van der Waals surface area contributed by atoms with Gasteiger partial charge in [-0.25, -0.2) is 0 Å². The van der Waals surface area contributed by atoms with Gasteiger partial charge in [0.15, 0.2) is 16.6 Å². The van der Waals surface area contributed by atoms with E-state index in [2.05, 4.69) is 15.8 Å². The molecule has 1 aromatic rings. The minimum atomic E-state index is 0.532. The summed E-state index contributed by atoms with van der Waals surface area (Å²) in [5.41, 5.74) is 4.70. The third kappa shape index (κ3) is 5.29. The molecule has 0 saturated carbocycles. The lowest BCUT2D eigenvalue weighted by atomic mass is 10.1. The molecule has 0 aliphatic carbocycles. The quantitative estimate of drug-likeness (QED) is 0.374. The van der Waals surface area contributed by atoms with E-state index in [4.69, 9.17) is 26.4 Å². The van der Waals surface area contributed by atoms with Crippen molar-refractivity contribution in [1.82, 2.24) is 10.7 Å². The Morgan fingerprint density at radius 3 is 2.72 bits per heavy atom. The van der Waals surface area contributed by atoms with Gasteiger partial charge >= 0.3 is 0 Å². The van der Waals surface area contributed by atoms with E-state index in [0.29, 0.717) is 18.3 Å². The number of thiocarbonyl (C=S) groups is 1. The first-order chi connectivity index (χ1) is 12.2. The van der Waals surface area contributed by atoms with Crippen LogP contribution in [-0.4, -0.2) is 63.4 Å². The molecule has 3 N–H and O–H groups in total. The number of morpholine rings is 1. The van der Waals surface area contributed by atoms with E-state index < -0.39 is 0 Å². The van der Waals surface area contributed by atoms with Crippen molar-refractivity contribution in [3.05, 3.63) is 23.8 Å². The van der Waals surface area contributed by atoms with Crippen LogP contribution in [0.4, 0.5) is 0 Å². The van der Waals surface area contributed by atoms with Crippen molar-refractivity contribution in [2.45, 2.75) is 6.92 Å². The average molecular weight is 365 g/mol. The van der Waals surface area contributed by atoms with Gasteiger partial charge in [0.2, 0.25) is 0 Å². The third-order valence-corrected chi connectivity index (χ3v) is 4.48. The molecule has 136 valence electrons. The molecule has 0 radical (unpaired) electrons. The van der Waals surface area contributed by atoms with Crippen molar-refractivity contribution in [3.63, 3.8) is 0 Å². The second-order valence-electron chi connectivity index (χ2n) is 6.04. The number of nitrogens with one attached hydrogen (secondary N) is 3. The fraction of sp³-hybridized carbons (Fsp3) is 0.529. The highest BCUT2D eigenvalue weighted by atomic mass is 32.1. The highest BCUT2D eigenvalue weighted by Crippen LogP contribution is 2.30. The molecule has 2 aliphatic heterocycles. The molecule has 3 rings (SSSR count). The number of benzene rings is 1. The van der Waals surface area contributed by atoms with Crippen LogP contribution < -0.4 is 25.1 Å². The van der Waals surface area contributed by atoms with Crippen LogP contribution in [0.3, 0.4) is 0 Å². The number of rotatable bonds is 5. The van der Waals surface area contributed by atoms with E-state index in [1.807, 2.05) is 25.1 Å². The summed E-state index contributed by atoms with van der Waals surface area (Å²) in [4.78, 5) is 1.54. The standard InChI is InChI=1S/C17H24N4O3S/c1-13(14-2-3-15-16(12-14)24-11-10-23-15)19-20-17(25)18-4-5-21-6-8-22-9-7-21/h2-3,12H,4-11H2,1H3,(H2,18,20,25)/p+1/b19-13-. The molecule has 0 aromatic heterocycles. The maximum absolute atomic E-state index is 5.60. The summed E-state index contributed by atoms with van der Waals surface area (Å²) in [6.45, 7) is 8.74. The molecule has 0 spiro atoms. The lowest BCUT2D eigenvalue weighted by molar-refractivity contribution is -0.906. The zero-order valence-corrected chi connectivity index (χ0v) is 15.3. The van der Waals surface area contributed by atoms with Crippen molar-refractivity contribution in [2.24, 2.45) is 5.10 Å². The summed E-state index contributed by atoms with van der Waals surface area (Å²) < 4.78 is 16.5. The summed E-state index contributed by atoms with van der Waals surface area (Å²) in [5, 5.41) is 8.07. The van der Waals surface area contributed by atoms with Crippen LogP contribution >= 0.6 is 12.2 Å². The van der Waals surface area contributed by atoms with E-state index in [0.717, 1.165) is 62.2 Å². The van der Waals surface area contributed by atoms with E-state index in [1.54, 1.807) is 0 Å². The second-order valence-corrected chi connectivity index (χ2v) is 6.44. The second kappa shape index (κ2) is 8.98. The molecular formula is C17H25N4O3S+. The van der Waals surface area contributed by atoms with Crippen LogP contribution in [0.15, 0.2) is 23.3 Å². The van der Waals surface area contributed by atoms with Crippen molar-refractivity contribution < 1.29 is 19.1 Å². The molecule has 25 heavy (non-hydrogen) atoms. The van der Waals surface area contributed by atoms with Crippen molar-refractivity contribution in [3.8, 4) is 11.5 Å². The fourth-order valence-electron chi connectivity index (χ4n) is 2.77. The zero-order chi connectivity index (χ0) is 17.5. The number of quaternary nitrogens is 1. The number of ether oxygens (including phenoxy) is 3. The van der Waals surface area contributed by atoms with E-state index in [9.17, 15) is 0 Å². The summed E-state index contributed by atoms with van der Waals surface area (Å²) in [6, 6.07) is 5.81. The van der Waals surface area contributed by atoms with Crippen molar-refractivity contribution in [2.75, 3.05) is 52.6 Å². The maximum Gasteiger partial charge on any atom is 0.187 e. The molecule has 0 bridgehead atoms. The lowest BCUT2D eigenvalue weighted by Gasteiger charge is -2.23. The van der Waals surface area contributed by atoms with Gasteiger partial charge in [0, 0.05) is 5.56 Å². The van der Waals surface area contributed by atoms with Crippen LogP contribution in [-0.2, 0) is 4.74 Å². The number of hydrazone groups is 1. The Labute approximate surface area is 153 Å². The highest BCUT2D eigenvalue weighted by Gasteiger charge is 2.14. The van der Waals surface area contributed by atoms with Gasteiger partial charge in [0.05, 0.1) is 32.0 Å². The van der Waals surface area contributed by atoms with Crippen LogP contribution in [0, 0.1) is 0 Å². The van der Waals surface area contributed by atoms with Gasteiger partial charge in [-0.2, -0.15) is 5.10 Å². The van der Waals surface area contributed by atoms with Crippen LogP contribution in [0.2, 0.25) is 0 Å². The first-order valence-electron chi connectivity index (χ1n) is 8.62. The predicted molar refractivity (Wildman–Crippen MR) is 99.8 cm³/mol. The average Bonchev–Trinajstić information content (AvgIpc) is 2.66. The minimum absolute atomic E-state index is 0.532. The highest BCUT2D eigenvalue weighted by molar-refractivity contribution is 7.80. The molecule has 0 amide bonds. The SMILES string of the molecule is C/C(=N/NC(=S)NCC[NH+]1CCOCC1)c1ccc2c(c1)OCCO2. The topological polar surface area (TPSA) is 68.6 Å². The Kier molecular flexibility index (Phi) is 6.43. The molecule has 7 nitrogen and oxygen atoms in total. The predicted octanol–water partition coefficient (Wildman–Crippen LogP) is -0.439. The van der Waals surface area contributed by atoms with Gasteiger partial charge < -0.3 is 24.4 Å². The Hall–Kier alpha value is -1.90. The molecule has 2 aliphatic rings. The molecule has 1 aromatic carbocycles. The largest absolute Gasteiger partial charge is 0.486 e. The number of hydrogen-bond acceptors (Lipinski definition) is 5. The van der Waals surface area contributed by atoms with Gasteiger partial charge in [-0.15, -0.1) is 0 Å². The van der Waals surface area contributed by atoms with Crippen LogP contribution in [0.25, 0.3) is 0 Å². The number of fused-ring (bicyclic) bond motifs is 1. The summed E-state index contributed by atoms with van der Waals surface area (Å²) >= 11 is 5.28. The van der Waals surface area contributed by atoms with Crippen LogP contribution in [0.1, 0.15) is 12.5 Å². The van der Waals surface area contributed by atoms with Gasteiger partial charge in [0.25, 0.3) is 0 Å². The molecule has 1 fully saturated rings. The van der Waals surface area contributed by atoms with Gasteiger partial charge in [-0.05, 0) is 37.3 Å². The zero-order valence-electron chi connectivity index (χ0n) is 14.5. The van der Waals surface area contributed by atoms with E-state index in [-0.39, 0.29) is 0 Å². The minimum Gasteiger partial charge on any atom is -0.486 e. The van der Waals surface area contributed by atoms with E-state index >= 15 is 0 Å². The molecule has 0 unspecified atom stereocenters. The Morgan fingerprint density at radius 1 is 1.16 bits per heavy atom. The summed E-state index contributed by atoms with van der Waals surface area (Å²) in [6.07, 6.45) is 0. The fourth-order valence-corrected chi connectivity index (χ4v) is 2.92. The first kappa shape index (κ1) is 17.9. The Morgan fingerprint density at radius 2 is 1.92 bits per heavy atom. The van der Waals surface area contributed by atoms with Crippen molar-refractivity contribution in [1.29, 1.82) is 0 Å². The third-order valence-electron chi connectivity index (χ3n) is 4.25. The summed E-state index contributed by atoms with van der Waals surface area (Å²) in [5.74, 6) is 1.53. The first-order valence-corrected chi connectivity index (χ1v) is 9.02. The Bertz CT molecular complexity index is 632. The summed E-state index contributed by atoms with van der Waals surface area (Å²) in [7, 11) is 0. The normalized spacial score (nSPS) is 17.9. The van der Waals surface area contributed by atoms with Crippen molar-refractivity contribution >= 4 is 23.0 Å². The van der Waals surface area contributed by atoms with E-state index in [1.165, 1.54) is 4.90 Å². The smallest absolute Gasteiger partial charge is 0.187 e. The number of nitrogens with zero attached hydrogens (tertiary/aromatic N) is 1. The monoisotopic (exact) mass is 365 g/mol. The molecule has 1 saturated heterocycles. The van der Waals surface area contributed by atoms with Gasteiger partial charge in [-0.1, -0.05) is 0 Å². The van der Waals surface area contributed by atoms with Gasteiger partial charge in [0.1, 0.15) is 26.3 Å². The molecule has 2 heterocycles. The van der Waals surface area contributed by atoms with Crippen LogP contribution in [0.5, 0.6) is 11.5 Å². The Balaban J connectivity index is 1.45. The molecular weight excluding hydrogens is 340 g/mol. The molecule has 8 heteroatoms. The molecule has 0 atom stereocenters. The lowest BCUT2D eigenvalue weighted by Crippen LogP contribution is -3.14. The number of hydrogen-bond donors (Lipinski definition) is 3. The maximum atomic E-state index is 5.60. The van der Waals surface area contributed by atoms with Gasteiger partial charge in [-0.3, -0.25) is 5.43 Å².